The first-order valence-corrected chi connectivity index (χ1v) is 9.99. The van der Waals surface area contributed by atoms with E-state index >= 15 is 0 Å². The third-order valence-corrected chi connectivity index (χ3v) is 5.79. The lowest BCUT2D eigenvalue weighted by atomic mass is 9.92. The van der Waals surface area contributed by atoms with Crippen molar-refractivity contribution in [2.75, 3.05) is 20.1 Å². The average molecular weight is 371 g/mol. The zero-order valence-corrected chi connectivity index (χ0v) is 16.2. The van der Waals surface area contributed by atoms with Crippen molar-refractivity contribution in [3.05, 3.63) is 78.4 Å². The molecule has 0 bridgehead atoms. The van der Waals surface area contributed by atoms with E-state index < -0.39 is 0 Å². The lowest BCUT2D eigenvalue weighted by Crippen LogP contribution is -2.30. The van der Waals surface area contributed by atoms with Crippen LogP contribution in [0, 0.1) is 0 Å². The van der Waals surface area contributed by atoms with E-state index in [4.69, 9.17) is 4.98 Å². The van der Waals surface area contributed by atoms with Crippen molar-refractivity contribution in [3.8, 4) is 5.69 Å². The van der Waals surface area contributed by atoms with Crippen LogP contribution in [0.25, 0.3) is 16.7 Å². The summed E-state index contributed by atoms with van der Waals surface area (Å²) in [6.07, 6.45) is 10.5. The molecule has 142 valence electrons. The molecule has 0 N–H and O–H groups in total. The first-order valence-electron chi connectivity index (χ1n) is 9.99. The van der Waals surface area contributed by atoms with Gasteiger partial charge in [0.15, 0.2) is 0 Å². The molecule has 1 aliphatic rings. The number of likely N-dealkylation sites (N-methyl/N-ethyl adjacent to an activating group) is 1. The molecule has 3 aromatic heterocycles. The number of likely N-dealkylation sites (tertiary alicyclic amines) is 1. The highest BCUT2D eigenvalue weighted by Gasteiger charge is 2.23. The van der Waals surface area contributed by atoms with Crippen LogP contribution in [0.4, 0.5) is 0 Å². The molecule has 5 nitrogen and oxygen atoms in total. The van der Waals surface area contributed by atoms with Crippen molar-refractivity contribution in [2.24, 2.45) is 0 Å². The number of aromatic nitrogens is 4. The van der Waals surface area contributed by atoms with E-state index in [1.807, 2.05) is 29.2 Å². The monoisotopic (exact) mass is 371 g/mol. The third-order valence-electron chi connectivity index (χ3n) is 5.79. The molecule has 0 amide bonds. The Hall–Kier alpha value is -2.92. The van der Waals surface area contributed by atoms with Gasteiger partial charge in [0.05, 0.1) is 16.7 Å². The zero-order valence-electron chi connectivity index (χ0n) is 16.2. The highest BCUT2D eigenvalue weighted by molar-refractivity contribution is 5.80. The molecule has 1 atom stereocenters. The molecule has 1 fully saturated rings. The molecule has 1 saturated heterocycles. The molecule has 28 heavy (non-hydrogen) atoms. The Morgan fingerprint density at radius 2 is 1.96 bits per heavy atom. The maximum atomic E-state index is 4.74. The topological polar surface area (TPSA) is 38.9 Å². The molecular weight excluding hydrogens is 346 g/mol. The summed E-state index contributed by atoms with van der Waals surface area (Å²) < 4.78 is 4.24. The molecule has 0 aliphatic carbocycles. The normalized spacial score (nSPS) is 18.0. The van der Waals surface area contributed by atoms with Gasteiger partial charge in [0.1, 0.15) is 0 Å². The third kappa shape index (κ3) is 3.22. The second-order valence-corrected chi connectivity index (χ2v) is 7.80. The number of benzene rings is 1. The second kappa shape index (κ2) is 7.24. The summed E-state index contributed by atoms with van der Waals surface area (Å²) in [5, 5.41) is 4.30. The molecule has 1 aliphatic heterocycles. The van der Waals surface area contributed by atoms with Gasteiger partial charge >= 0.3 is 0 Å². The van der Waals surface area contributed by atoms with Gasteiger partial charge in [-0.25, -0.2) is 4.68 Å². The Morgan fingerprint density at radius 3 is 2.75 bits per heavy atom. The van der Waals surface area contributed by atoms with E-state index in [2.05, 4.69) is 58.1 Å². The van der Waals surface area contributed by atoms with Crippen molar-refractivity contribution >= 4 is 11.0 Å². The molecule has 5 heteroatoms. The summed E-state index contributed by atoms with van der Waals surface area (Å²) in [5.74, 6) is 0.569. The van der Waals surface area contributed by atoms with Gasteiger partial charge in [-0.2, -0.15) is 5.10 Å². The van der Waals surface area contributed by atoms with Crippen LogP contribution in [-0.4, -0.2) is 44.4 Å². The summed E-state index contributed by atoms with van der Waals surface area (Å²) in [7, 11) is 2.22. The van der Waals surface area contributed by atoms with Gasteiger partial charge in [0, 0.05) is 49.4 Å². The van der Waals surface area contributed by atoms with Crippen LogP contribution >= 0.6 is 0 Å². The maximum absolute atomic E-state index is 4.74. The van der Waals surface area contributed by atoms with Crippen LogP contribution in [-0.2, 0) is 6.54 Å². The minimum absolute atomic E-state index is 0.569. The SMILES string of the molecule is CN1CCCC(c2cn(Cc3ccc(-n4cccn4)cc3)c3cccnc23)C1. The lowest BCUT2D eigenvalue weighted by Gasteiger charge is -2.29. The highest BCUT2D eigenvalue weighted by atomic mass is 15.3. The number of piperidine rings is 1. The van der Waals surface area contributed by atoms with E-state index in [1.54, 1.807) is 6.20 Å². The Labute approximate surface area is 165 Å². The largest absolute Gasteiger partial charge is 0.341 e. The van der Waals surface area contributed by atoms with Gasteiger partial charge in [-0.05, 0) is 62.3 Å². The van der Waals surface area contributed by atoms with E-state index in [0.717, 1.165) is 24.3 Å². The maximum Gasteiger partial charge on any atom is 0.0916 e. The molecular formula is C23H25N5. The molecule has 1 aromatic carbocycles. The van der Waals surface area contributed by atoms with Gasteiger partial charge in [-0.15, -0.1) is 0 Å². The zero-order chi connectivity index (χ0) is 18.9. The number of nitrogens with zero attached hydrogens (tertiary/aromatic N) is 5. The molecule has 4 heterocycles. The molecule has 5 rings (SSSR count). The Balaban J connectivity index is 1.46. The molecule has 4 aromatic rings. The van der Waals surface area contributed by atoms with Crippen LogP contribution in [0.2, 0.25) is 0 Å². The molecule has 1 unspecified atom stereocenters. The van der Waals surface area contributed by atoms with Crippen LogP contribution in [0.5, 0.6) is 0 Å². The quantitative estimate of drug-likeness (QED) is 0.543. The number of pyridine rings is 1. The van der Waals surface area contributed by atoms with Crippen molar-refractivity contribution in [3.63, 3.8) is 0 Å². The highest BCUT2D eigenvalue weighted by Crippen LogP contribution is 2.32. The van der Waals surface area contributed by atoms with Crippen molar-refractivity contribution < 1.29 is 0 Å². The van der Waals surface area contributed by atoms with Crippen molar-refractivity contribution in [1.29, 1.82) is 0 Å². The number of hydrogen-bond donors (Lipinski definition) is 0. The summed E-state index contributed by atoms with van der Waals surface area (Å²) >= 11 is 0. The minimum atomic E-state index is 0.569. The fourth-order valence-corrected chi connectivity index (χ4v) is 4.37. The van der Waals surface area contributed by atoms with Crippen LogP contribution < -0.4 is 0 Å². The van der Waals surface area contributed by atoms with Crippen molar-refractivity contribution in [1.82, 2.24) is 24.2 Å². The van der Waals surface area contributed by atoms with E-state index in [0.29, 0.717) is 5.92 Å². The van der Waals surface area contributed by atoms with Gasteiger partial charge in [0.25, 0.3) is 0 Å². The predicted molar refractivity (Wildman–Crippen MR) is 112 cm³/mol. The van der Waals surface area contributed by atoms with Gasteiger partial charge in [-0.3, -0.25) is 4.98 Å². The van der Waals surface area contributed by atoms with Gasteiger partial charge in [0.2, 0.25) is 0 Å². The van der Waals surface area contributed by atoms with Crippen LogP contribution in [0.1, 0.15) is 29.9 Å². The summed E-state index contributed by atoms with van der Waals surface area (Å²) in [5.41, 5.74) is 6.15. The van der Waals surface area contributed by atoms with Crippen molar-refractivity contribution in [2.45, 2.75) is 25.3 Å². The molecule has 0 spiro atoms. The number of rotatable bonds is 4. The van der Waals surface area contributed by atoms with E-state index in [-0.39, 0.29) is 0 Å². The summed E-state index contributed by atoms with van der Waals surface area (Å²) in [6.45, 7) is 3.17. The Kier molecular flexibility index (Phi) is 4.45. The summed E-state index contributed by atoms with van der Waals surface area (Å²) in [6, 6.07) is 14.8. The van der Waals surface area contributed by atoms with Crippen LogP contribution in [0.3, 0.4) is 0 Å². The van der Waals surface area contributed by atoms with Gasteiger partial charge < -0.3 is 9.47 Å². The van der Waals surface area contributed by atoms with E-state index in [9.17, 15) is 0 Å². The van der Waals surface area contributed by atoms with Crippen LogP contribution in [0.15, 0.2) is 67.3 Å². The minimum Gasteiger partial charge on any atom is -0.341 e. The van der Waals surface area contributed by atoms with Gasteiger partial charge in [-0.1, -0.05) is 12.1 Å². The fraction of sp³-hybridized carbons (Fsp3) is 0.304. The summed E-state index contributed by atoms with van der Waals surface area (Å²) in [4.78, 5) is 7.18. The standard InChI is InChI=1S/C23H25N5/c1-26-13-3-5-19(16-26)21-17-27(22-6-2-11-24-23(21)22)15-18-7-9-20(10-8-18)28-14-4-12-25-28/h2,4,6-12,14,17,19H,3,5,13,15-16H2,1H3. The fourth-order valence-electron chi connectivity index (χ4n) is 4.37. The predicted octanol–water partition coefficient (Wildman–Crippen LogP) is 4.08. The average Bonchev–Trinajstić information content (AvgIpc) is 3.38. The number of hydrogen-bond acceptors (Lipinski definition) is 3. The first kappa shape index (κ1) is 17.2. The Bertz CT molecular complexity index is 1060. The molecule has 0 radical (unpaired) electrons. The molecule has 0 saturated carbocycles. The van der Waals surface area contributed by atoms with E-state index in [1.165, 1.54) is 36.0 Å². The smallest absolute Gasteiger partial charge is 0.0916 e. The Morgan fingerprint density at radius 1 is 1.07 bits per heavy atom. The number of fused-ring (bicyclic) bond motifs is 1. The first-order chi connectivity index (χ1) is 13.8. The second-order valence-electron chi connectivity index (χ2n) is 7.80. The lowest BCUT2D eigenvalue weighted by molar-refractivity contribution is 0.251.